The molecule has 0 aliphatic carbocycles. The van der Waals surface area contributed by atoms with Gasteiger partial charge in [0.15, 0.2) is 0 Å². The van der Waals surface area contributed by atoms with Crippen molar-refractivity contribution in [3.63, 3.8) is 0 Å². The van der Waals surface area contributed by atoms with E-state index < -0.39 is 0 Å². The van der Waals surface area contributed by atoms with Crippen molar-refractivity contribution in [2.45, 2.75) is 6.61 Å². The maximum atomic E-state index is 12.1. The summed E-state index contributed by atoms with van der Waals surface area (Å²) in [6.07, 6.45) is 0. The molecule has 0 fully saturated rings. The molecular formula is C17H12N2O2S. The van der Waals surface area contributed by atoms with Gasteiger partial charge in [-0.05, 0) is 24.3 Å². The predicted octanol–water partition coefficient (Wildman–Crippen LogP) is 4.13. The number of benzene rings is 2. The molecule has 0 aliphatic heterocycles. The summed E-state index contributed by atoms with van der Waals surface area (Å²) in [4.78, 5) is 19.6. The Kier molecular flexibility index (Phi) is 3.12. The SMILES string of the molecule is O=C(OCc1nc2ccccc2s1)c1cc2ccccc2[nH]1. The van der Waals surface area contributed by atoms with Crippen LogP contribution in [0.15, 0.2) is 54.6 Å². The van der Waals surface area contributed by atoms with E-state index >= 15 is 0 Å². The number of carbonyl (C=O) groups excluding carboxylic acids is 1. The molecule has 2 aromatic heterocycles. The summed E-state index contributed by atoms with van der Waals surface area (Å²) >= 11 is 1.54. The largest absolute Gasteiger partial charge is 0.454 e. The fraction of sp³-hybridized carbons (Fsp3) is 0.0588. The minimum Gasteiger partial charge on any atom is -0.454 e. The van der Waals surface area contributed by atoms with Crippen molar-refractivity contribution >= 4 is 38.4 Å². The van der Waals surface area contributed by atoms with Gasteiger partial charge in [0, 0.05) is 10.9 Å². The van der Waals surface area contributed by atoms with Crippen LogP contribution in [0.3, 0.4) is 0 Å². The van der Waals surface area contributed by atoms with E-state index in [-0.39, 0.29) is 12.6 Å². The van der Waals surface area contributed by atoms with Gasteiger partial charge < -0.3 is 9.72 Å². The van der Waals surface area contributed by atoms with Gasteiger partial charge in [-0.1, -0.05) is 30.3 Å². The van der Waals surface area contributed by atoms with Crippen LogP contribution in [0.5, 0.6) is 0 Å². The molecule has 2 aromatic carbocycles. The van der Waals surface area contributed by atoms with Crippen molar-refractivity contribution < 1.29 is 9.53 Å². The minimum atomic E-state index is -0.365. The van der Waals surface area contributed by atoms with Crippen molar-refractivity contribution in [3.05, 3.63) is 65.3 Å². The maximum Gasteiger partial charge on any atom is 0.355 e. The summed E-state index contributed by atoms with van der Waals surface area (Å²) in [5.74, 6) is -0.365. The van der Waals surface area contributed by atoms with Gasteiger partial charge in [0.2, 0.25) is 0 Å². The first-order valence-electron chi connectivity index (χ1n) is 6.89. The van der Waals surface area contributed by atoms with Gasteiger partial charge in [-0.3, -0.25) is 0 Å². The van der Waals surface area contributed by atoms with Crippen LogP contribution in [-0.2, 0) is 11.3 Å². The minimum absolute atomic E-state index is 0.188. The molecule has 1 N–H and O–H groups in total. The lowest BCUT2D eigenvalue weighted by Gasteiger charge is -1.99. The second kappa shape index (κ2) is 5.27. The Bertz CT molecular complexity index is 905. The lowest BCUT2D eigenvalue weighted by atomic mass is 10.2. The fourth-order valence-corrected chi connectivity index (χ4v) is 3.25. The predicted molar refractivity (Wildman–Crippen MR) is 87.0 cm³/mol. The molecule has 0 atom stereocenters. The Balaban J connectivity index is 1.51. The lowest BCUT2D eigenvalue weighted by Crippen LogP contribution is -2.05. The van der Waals surface area contributed by atoms with Crippen molar-refractivity contribution in [1.82, 2.24) is 9.97 Å². The number of ether oxygens (including phenoxy) is 1. The van der Waals surface area contributed by atoms with E-state index in [1.807, 2.05) is 48.5 Å². The number of esters is 1. The number of hydrogen-bond acceptors (Lipinski definition) is 4. The number of nitrogens with zero attached hydrogens (tertiary/aromatic N) is 1. The van der Waals surface area contributed by atoms with E-state index in [4.69, 9.17) is 4.74 Å². The Morgan fingerprint density at radius 2 is 1.95 bits per heavy atom. The highest BCUT2D eigenvalue weighted by Gasteiger charge is 2.12. The Labute approximate surface area is 130 Å². The molecule has 0 saturated heterocycles. The molecule has 0 aliphatic rings. The van der Waals surface area contributed by atoms with E-state index in [1.54, 1.807) is 17.4 Å². The molecule has 0 amide bonds. The molecule has 5 heteroatoms. The molecule has 2 heterocycles. The summed E-state index contributed by atoms with van der Waals surface area (Å²) in [5, 5.41) is 1.79. The van der Waals surface area contributed by atoms with E-state index in [9.17, 15) is 4.79 Å². The third kappa shape index (κ3) is 2.35. The number of thiazole rings is 1. The third-order valence-electron chi connectivity index (χ3n) is 3.41. The van der Waals surface area contributed by atoms with Gasteiger partial charge >= 0.3 is 5.97 Å². The number of fused-ring (bicyclic) bond motifs is 2. The highest BCUT2D eigenvalue weighted by atomic mass is 32.1. The second-order valence-corrected chi connectivity index (χ2v) is 6.04. The summed E-state index contributed by atoms with van der Waals surface area (Å²) in [5.41, 5.74) is 2.32. The number of aromatic amines is 1. The first-order valence-corrected chi connectivity index (χ1v) is 7.70. The Hall–Kier alpha value is -2.66. The van der Waals surface area contributed by atoms with Crippen LogP contribution in [0.1, 0.15) is 15.5 Å². The van der Waals surface area contributed by atoms with Crippen LogP contribution in [0.2, 0.25) is 0 Å². The zero-order valence-corrected chi connectivity index (χ0v) is 12.4. The summed E-state index contributed by atoms with van der Waals surface area (Å²) in [7, 11) is 0. The Morgan fingerprint density at radius 1 is 1.14 bits per heavy atom. The normalized spacial score (nSPS) is 11.1. The highest BCUT2D eigenvalue weighted by Crippen LogP contribution is 2.22. The van der Waals surface area contributed by atoms with Gasteiger partial charge in [0.25, 0.3) is 0 Å². The quantitative estimate of drug-likeness (QED) is 0.579. The molecule has 4 aromatic rings. The number of aromatic nitrogens is 2. The van der Waals surface area contributed by atoms with Crippen LogP contribution in [0.25, 0.3) is 21.1 Å². The molecule has 0 radical (unpaired) electrons. The summed E-state index contributed by atoms with van der Waals surface area (Å²) in [6, 6.07) is 17.4. The molecule has 0 saturated carbocycles. The molecule has 0 spiro atoms. The standard InChI is InChI=1S/C17H12N2O2S/c20-17(14-9-11-5-1-2-6-12(11)18-14)21-10-16-19-13-7-3-4-8-15(13)22-16/h1-9,18H,10H2. The fourth-order valence-electron chi connectivity index (χ4n) is 2.37. The lowest BCUT2D eigenvalue weighted by molar-refractivity contribution is 0.0467. The van der Waals surface area contributed by atoms with Crippen LogP contribution in [0.4, 0.5) is 0 Å². The van der Waals surface area contributed by atoms with E-state index in [2.05, 4.69) is 9.97 Å². The monoisotopic (exact) mass is 308 g/mol. The summed E-state index contributed by atoms with van der Waals surface area (Å²) in [6.45, 7) is 0.188. The van der Waals surface area contributed by atoms with Crippen molar-refractivity contribution in [3.8, 4) is 0 Å². The molecule has 0 unspecified atom stereocenters. The number of para-hydroxylation sites is 2. The third-order valence-corrected chi connectivity index (χ3v) is 4.42. The second-order valence-electron chi connectivity index (χ2n) is 4.92. The smallest absolute Gasteiger partial charge is 0.355 e. The van der Waals surface area contributed by atoms with Gasteiger partial charge in [-0.15, -0.1) is 11.3 Å². The molecule has 0 bridgehead atoms. The molecule has 22 heavy (non-hydrogen) atoms. The number of rotatable bonds is 3. The van der Waals surface area contributed by atoms with Gasteiger partial charge in [-0.2, -0.15) is 0 Å². The zero-order valence-electron chi connectivity index (χ0n) is 11.6. The molecule has 4 rings (SSSR count). The molecule has 4 nitrogen and oxygen atoms in total. The van der Waals surface area contributed by atoms with E-state index in [0.717, 1.165) is 26.1 Å². The Morgan fingerprint density at radius 3 is 2.82 bits per heavy atom. The number of carbonyl (C=O) groups is 1. The van der Waals surface area contributed by atoms with Crippen LogP contribution in [0, 0.1) is 0 Å². The van der Waals surface area contributed by atoms with Crippen molar-refractivity contribution in [2.75, 3.05) is 0 Å². The van der Waals surface area contributed by atoms with Gasteiger partial charge in [0.1, 0.15) is 17.3 Å². The first-order chi connectivity index (χ1) is 10.8. The van der Waals surface area contributed by atoms with Crippen molar-refractivity contribution in [2.24, 2.45) is 0 Å². The van der Waals surface area contributed by atoms with Crippen molar-refractivity contribution in [1.29, 1.82) is 0 Å². The number of H-pyrrole nitrogens is 1. The number of nitrogens with one attached hydrogen (secondary N) is 1. The zero-order chi connectivity index (χ0) is 14.9. The molecule has 108 valence electrons. The number of hydrogen-bond donors (Lipinski definition) is 1. The van der Waals surface area contributed by atoms with Gasteiger partial charge in [-0.25, -0.2) is 9.78 Å². The maximum absolute atomic E-state index is 12.1. The molecular weight excluding hydrogens is 296 g/mol. The van der Waals surface area contributed by atoms with Crippen LogP contribution >= 0.6 is 11.3 Å². The average Bonchev–Trinajstić information content (AvgIpc) is 3.15. The van der Waals surface area contributed by atoms with Crippen LogP contribution in [-0.4, -0.2) is 15.9 Å². The van der Waals surface area contributed by atoms with Crippen LogP contribution < -0.4 is 0 Å². The van der Waals surface area contributed by atoms with Gasteiger partial charge in [0.05, 0.1) is 10.2 Å². The topological polar surface area (TPSA) is 55.0 Å². The highest BCUT2D eigenvalue weighted by molar-refractivity contribution is 7.18. The van der Waals surface area contributed by atoms with E-state index in [1.165, 1.54) is 0 Å². The summed E-state index contributed by atoms with van der Waals surface area (Å²) < 4.78 is 6.45. The van der Waals surface area contributed by atoms with E-state index in [0.29, 0.717) is 5.69 Å². The first kappa shape index (κ1) is 13.0. The average molecular weight is 308 g/mol.